The lowest BCUT2D eigenvalue weighted by Crippen LogP contribution is -2.31. The second-order valence-electron chi connectivity index (χ2n) is 5.96. The predicted octanol–water partition coefficient (Wildman–Crippen LogP) is 4.21. The van der Waals surface area contributed by atoms with Gasteiger partial charge in [-0.25, -0.2) is 4.39 Å². The average molecular weight is 470 g/mol. The molecule has 0 radical (unpaired) electrons. The van der Waals surface area contributed by atoms with Gasteiger partial charge in [-0.15, -0.1) is 0 Å². The first kappa shape index (κ1) is 20.7. The van der Waals surface area contributed by atoms with Gasteiger partial charge >= 0.3 is 6.18 Å². The molecule has 3 rings (SSSR count). The number of pyridine rings is 2. The quantitative estimate of drug-likeness (QED) is 0.562. The van der Waals surface area contributed by atoms with Crippen molar-refractivity contribution in [2.75, 3.05) is 0 Å². The Morgan fingerprint density at radius 1 is 1.17 bits per heavy atom. The molecule has 5 nitrogen and oxygen atoms in total. The maximum absolute atomic E-state index is 14.3. The number of rotatable bonds is 4. The summed E-state index contributed by atoms with van der Waals surface area (Å²) in [5.74, 6) is -1.42. The molecule has 0 saturated carbocycles. The van der Waals surface area contributed by atoms with Crippen molar-refractivity contribution in [2.45, 2.75) is 12.2 Å². The van der Waals surface area contributed by atoms with Gasteiger partial charge in [0.05, 0.1) is 21.6 Å². The highest BCUT2D eigenvalue weighted by molar-refractivity contribution is 9.10. The largest absolute Gasteiger partial charge is 0.416 e. The molecule has 29 heavy (non-hydrogen) atoms. The number of H-pyrrole nitrogens is 1. The maximum Gasteiger partial charge on any atom is 0.416 e. The van der Waals surface area contributed by atoms with Gasteiger partial charge in [-0.2, -0.15) is 13.2 Å². The first-order chi connectivity index (χ1) is 13.7. The van der Waals surface area contributed by atoms with Crippen LogP contribution in [0, 0.1) is 5.82 Å². The summed E-state index contributed by atoms with van der Waals surface area (Å²) in [4.78, 5) is 30.3. The molecule has 2 N–H and O–H groups in total. The fraction of sp³-hybridized carbons (Fsp3) is 0.105. The van der Waals surface area contributed by atoms with Crippen LogP contribution in [0.4, 0.5) is 17.6 Å². The topological polar surface area (TPSA) is 74.8 Å². The van der Waals surface area contributed by atoms with Crippen molar-refractivity contribution >= 4 is 21.8 Å². The number of carbonyl (C=O) groups excluding carboxylic acids is 1. The summed E-state index contributed by atoms with van der Waals surface area (Å²) < 4.78 is 52.9. The third-order valence-corrected chi connectivity index (χ3v) is 4.62. The van der Waals surface area contributed by atoms with Crippen LogP contribution in [0.5, 0.6) is 0 Å². The fourth-order valence-corrected chi connectivity index (χ4v) is 2.95. The minimum absolute atomic E-state index is 0.0599. The Hall–Kier alpha value is -3.01. The van der Waals surface area contributed by atoms with Crippen LogP contribution in [0.25, 0.3) is 0 Å². The summed E-state index contributed by atoms with van der Waals surface area (Å²) in [6.45, 7) is 0. The van der Waals surface area contributed by atoms with Crippen molar-refractivity contribution in [1.29, 1.82) is 0 Å². The Morgan fingerprint density at radius 2 is 1.86 bits per heavy atom. The summed E-state index contributed by atoms with van der Waals surface area (Å²) in [7, 11) is 0. The molecule has 2 heterocycles. The standard InChI is InChI=1S/C19H12BrF4N3O2/c20-13-8-11(9-26-18(13)29)17(28)27-15(16-14(21)2-1-7-25-16)10-3-5-12(6-4-10)19(22,23)24/h1-9,15H,(H,26,29)(H,27,28)/t15-/m0/s1. The van der Waals surface area contributed by atoms with Crippen LogP contribution in [0.2, 0.25) is 0 Å². The molecule has 0 aliphatic rings. The molecule has 0 saturated heterocycles. The van der Waals surface area contributed by atoms with E-state index in [0.29, 0.717) is 0 Å². The molecule has 2 aromatic heterocycles. The Morgan fingerprint density at radius 3 is 2.45 bits per heavy atom. The number of aromatic nitrogens is 2. The van der Waals surface area contributed by atoms with E-state index in [1.165, 1.54) is 24.5 Å². The predicted molar refractivity (Wildman–Crippen MR) is 99.7 cm³/mol. The van der Waals surface area contributed by atoms with Gasteiger partial charge in [0.15, 0.2) is 0 Å². The van der Waals surface area contributed by atoms with Crippen molar-refractivity contribution < 1.29 is 22.4 Å². The molecular weight excluding hydrogens is 458 g/mol. The maximum atomic E-state index is 14.3. The van der Waals surface area contributed by atoms with Crippen molar-refractivity contribution in [2.24, 2.45) is 0 Å². The number of hydrogen-bond acceptors (Lipinski definition) is 3. The van der Waals surface area contributed by atoms with E-state index in [-0.39, 0.29) is 21.3 Å². The lowest BCUT2D eigenvalue weighted by Gasteiger charge is -2.20. The van der Waals surface area contributed by atoms with Crippen LogP contribution < -0.4 is 10.9 Å². The first-order valence-corrected chi connectivity index (χ1v) is 8.93. The molecular formula is C19H12BrF4N3O2. The lowest BCUT2D eigenvalue weighted by atomic mass is 10.0. The van der Waals surface area contributed by atoms with Gasteiger partial charge in [0.1, 0.15) is 11.5 Å². The van der Waals surface area contributed by atoms with E-state index in [1.807, 2.05) is 0 Å². The normalized spacial score (nSPS) is 12.4. The Kier molecular flexibility index (Phi) is 5.83. The zero-order chi connectivity index (χ0) is 21.2. The third kappa shape index (κ3) is 4.70. The van der Waals surface area contributed by atoms with Crippen molar-refractivity contribution in [3.8, 4) is 0 Å². The molecule has 0 aliphatic carbocycles. The number of nitrogens with zero attached hydrogens (tertiary/aromatic N) is 1. The average Bonchev–Trinajstić information content (AvgIpc) is 2.68. The smallest absolute Gasteiger partial charge is 0.339 e. The number of halogens is 5. The third-order valence-electron chi connectivity index (χ3n) is 4.03. The fourth-order valence-electron chi connectivity index (χ4n) is 2.59. The number of aromatic amines is 1. The van der Waals surface area contributed by atoms with Crippen LogP contribution in [0.3, 0.4) is 0 Å². The molecule has 1 atom stereocenters. The van der Waals surface area contributed by atoms with Gasteiger partial charge in [-0.1, -0.05) is 12.1 Å². The molecule has 10 heteroatoms. The van der Waals surface area contributed by atoms with Gasteiger partial charge in [0.25, 0.3) is 11.5 Å². The van der Waals surface area contributed by atoms with Crippen molar-refractivity contribution in [3.05, 3.63) is 97.9 Å². The zero-order valence-corrected chi connectivity index (χ0v) is 16.0. The second kappa shape index (κ2) is 8.16. The molecule has 0 spiro atoms. The Bertz CT molecular complexity index is 1100. The minimum atomic E-state index is -4.53. The summed E-state index contributed by atoms with van der Waals surface area (Å²) >= 11 is 3.01. The molecule has 1 aromatic carbocycles. The highest BCUT2D eigenvalue weighted by atomic mass is 79.9. The highest BCUT2D eigenvalue weighted by Crippen LogP contribution is 2.31. The monoisotopic (exact) mass is 469 g/mol. The van der Waals surface area contributed by atoms with Crippen LogP contribution in [0.15, 0.2) is 64.1 Å². The first-order valence-electron chi connectivity index (χ1n) is 8.13. The lowest BCUT2D eigenvalue weighted by molar-refractivity contribution is -0.137. The molecule has 3 aromatic rings. The van der Waals surface area contributed by atoms with Crippen LogP contribution in [-0.2, 0) is 6.18 Å². The number of alkyl halides is 3. The number of carbonyl (C=O) groups is 1. The summed E-state index contributed by atoms with van der Waals surface area (Å²) in [6, 6.07) is 6.56. The van der Waals surface area contributed by atoms with Gasteiger partial charge in [-0.3, -0.25) is 14.6 Å². The van der Waals surface area contributed by atoms with Gasteiger partial charge in [-0.05, 0) is 51.8 Å². The van der Waals surface area contributed by atoms with E-state index in [9.17, 15) is 27.2 Å². The number of amides is 1. The SMILES string of the molecule is O=C(N[C@@H](c1ccc(C(F)(F)F)cc1)c1ncccc1F)c1c[nH]c(=O)c(Br)c1. The molecule has 0 aliphatic heterocycles. The van der Waals surface area contributed by atoms with E-state index >= 15 is 0 Å². The van der Waals surface area contributed by atoms with Gasteiger partial charge < -0.3 is 10.3 Å². The van der Waals surface area contributed by atoms with Crippen LogP contribution >= 0.6 is 15.9 Å². The van der Waals surface area contributed by atoms with E-state index in [0.717, 1.165) is 30.3 Å². The summed E-state index contributed by atoms with van der Waals surface area (Å²) in [5.41, 5.74) is -1.23. The molecule has 150 valence electrons. The Labute approximate surface area is 169 Å². The van der Waals surface area contributed by atoms with Gasteiger partial charge in [0, 0.05) is 12.4 Å². The number of nitrogens with one attached hydrogen (secondary N) is 2. The summed E-state index contributed by atoms with van der Waals surface area (Å²) in [6.07, 6.45) is -2.06. The summed E-state index contributed by atoms with van der Waals surface area (Å²) in [5, 5.41) is 2.55. The number of hydrogen-bond donors (Lipinski definition) is 2. The molecule has 0 unspecified atom stereocenters. The van der Waals surface area contributed by atoms with Crippen LogP contribution in [0.1, 0.15) is 33.2 Å². The van der Waals surface area contributed by atoms with E-state index in [4.69, 9.17) is 0 Å². The van der Waals surface area contributed by atoms with E-state index in [1.54, 1.807) is 0 Å². The van der Waals surface area contributed by atoms with Crippen molar-refractivity contribution in [3.63, 3.8) is 0 Å². The van der Waals surface area contributed by atoms with Crippen molar-refractivity contribution in [1.82, 2.24) is 15.3 Å². The van der Waals surface area contributed by atoms with Crippen LogP contribution in [-0.4, -0.2) is 15.9 Å². The highest BCUT2D eigenvalue weighted by Gasteiger charge is 2.31. The molecule has 0 fully saturated rings. The number of benzene rings is 1. The van der Waals surface area contributed by atoms with E-state index in [2.05, 4.69) is 31.2 Å². The zero-order valence-electron chi connectivity index (χ0n) is 14.4. The molecule has 0 bridgehead atoms. The van der Waals surface area contributed by atoms with E-state index < -0.39 is 35.1 Å². The Balaban J connectivity index is 2.00. The van der Waals surface area contributed by atoms with Gasteiger partial charge in [0.2, 0.25) is 0 Å². The minimum Gasteiger partial charge on any atom is -0.339 e. The molecule has 1 amide bonds. The second-order valence-corrected chi connectivity index (χ2v) is 6.82.